The number of anilines is 1. The van der Waals surface area contributed by atoms with Crippen molar-refractivity contribution in [2.45, 2.75) is 39.0 Å². The van der Waals surface area contributed by atoms with Crippen molar-refractivity contribution in [2.75, 3.05) is 16.8 Å². The van der Waals surface area contributed by atoms with Crippen LogP contribution in [0.5, 0.6) is 0 Å². The molecule has 0 atom stereocenters. The van der Waals surface area contributed by atoms with Crippen LogP contribution in [0.4, 0.5) is 5.69 Å². The molecule has 0 aromatic heterocycles. The molecular formula is C15H20BrNO. The van der Waals surface area contributed by atoms with Gasteiger partial charge in [0, 0.05) is 24.0 Å². The zero-order valence-corrected chi connectivity index (χ0v) is 12.5. The number of aryl methyl sites for hydroxylation is 2. The van der Waals surface area contributed by atoms with Crippen LogP contribution in [0.25, 0.3) is 0 Å². The van der Waals surface area contributed by atoms with Gasteiger partial charge in [-0.3, -0.25) is 4.79 Å². The van der Waals surface area contributed by atoms with Crippen LogP contribution in [0.2, 0.25) is 0 Å². The normalized spacial score (nSPS) is 14.4. The highest BCUT2D eigenvalue weighted by atomic mass is 79.9. The van der Waals surface area contributed by atoms with Crippen molar-refractivity contribution in [1.29, 1.82) is 0 Å². The number of fused-ring (bicyclic) bond motifs is 1. The molecule has 2 nitrogen and oxygen atoms in total. The Hall–Kier alpha value is -0.830. The highest BCUT2D eigenvalue weighted by Gasteiger charge is 2.21. The predicted molar refractivity (Wildman–Crippen MR) is 79.5 cm³/mol. The maximum atomic E-state index is 12.1. The average Bonchev–Trinajstić information content (AvgIpc) is 2.38. The third kappa shape index (κ3) is 2.94. The first kappa shape index (κ1) is 13.6. The van der Waals surface area contributed by atoms with Crippen LogP contribution in [-0.4, -0.2) is 17.8 Å². The zero-order valence-electron chi connectivity index (χ0n) is 10.9. The summed E-state index contributed by atoms with van der Waals surface area (Å²) in [5.74, 6) is 0.270. The average molecular weight is 310 g/mol. The molecule has 1 amide bonds. The molecule has 0 N–H and O–H groups in total. The van der Waals surface area contributed by atoms with E-state index in [1.54, 1.807) is 0 Å². The van der Waals surface area contributed by atoms with E-state index in [0.717, 1.165) is 43.2 Å². The molecule has 0 aliphatic carbocycles. The molecule has 98 valence electrons. The van der Waals surface area contributed by atoms with Crippen LogP contribution in [0, 0.1) is 0 Å². The molecule has 18 heavy (non-hydrogen) atoms. The lowest BCUT2D eigenvalue weighted by Crippen LogP contribution is -2.35. The van der Waals surface area contributed by atoms with Gasteiger partial charge in [-0.1, -0.05) is 35.0 Å². The second-order valence-electron chi connectivity index (χ2n) is 4.80. The van der Waals surface area contributed by atoms with E-state index in [2.05, 4.69) is 41.1 Å². The number of carbonyl (C=O) groups excluding carboxylic acids is 1. The molecule has 0 spiro atoms. The van der Waals surface area contributed by atoms with Crippen LogP contribution in [0.3, 0.4) is 0 Å². The zero-order chi connectivity index (χ0) is 13.0. The SMILES string of the molecule is CCCC(=O)N1CCCc2cc(CCBr)ccc21. The highest BCUT2D eigenvalue weighted by molar-refractivity contribution is 9.09. The van der Waals surface area contributed by atoms with Crippen LogP contribution < -0.4 is 4.90 Å². The number of halogens is 1. The number of alkyl halides is 1. The Morgan fingerprint density at radius 1 is 1.44 bits per heavy atom. The first-order chi connectivity index (χ1) is 8.76. The van der Waals surface area contributed by atoms with Gasteiger partial charge in [-0.2, -0.15) is 0 Å². The van der Waals surface area contributed by atoms with Crippen molar-refractivity contribution in [2.24, 2.45) is 0 Å². The van der Waals surface area contributed by atoms with E-state index in [9.17, 15) is 4.79 Å². The molecule has 1 heterocycles. The quantitative estimate of drug-likeness (QED) is 0.777. The van der Waals surface area contributed by atoms with Crippen LogP contribution in [0.1, 0.15) is 37.3 Å². The van der Waals surface area contributed by atoms with Gasteiger partial charge in [-0.25, -0.2) is 0 Å². The minimum absolute atomic E-state index is 0.270. The van der Waals surface area contributed by atoms with Gasteiger partial charge in [0.1, 0.15) is 0 Å². The number of carbonyl (C=O) groups is 1. The fraction of sp³-hybridized carbons (Fsp3) is 0.533. The first-order valence-corrected chi connectivity index (χ1v) is 7.86. The van der Waals surface area contributed by atoms with E-state index < -0.39 is 0 Å². The maximum Gasteiger partial charge on any atom is 0.226 e. The second kappa shape index (κ2) is 6.37. The van der Waals surface area contributed by atoms with E-state index in [0.29, 0.717) is 6.42 Å². The molecule has 0 fully saturated rings. The highest BCUT2D eigenvalue weighted by Crippen LogP contribution is 2.29. The van der Waals surface area contributed by atoms with Crippen molar-refractivity contribution < 1.29 is 4.79 Å². The molecule has 3 heteroatoms. The molecule has 1 aliphatic heterocycles. The number of hydrogen-bond acceptors (Lipinski definition) is 1. The molecule has 1 aromatic carbocycles. The number of benzene rings is 1. The van der Waals surface area contributed by atoms with Gasteiger partial charge in [0.2, 0.25) is 5.91 Å². The maximum absolute atomic E-state index is 12.1. The summed E-state index contributed by atoms with van der Waals surface area (Å²) < 4.78 is 0. The lowest BCUT2D eigenvalue weighted by molar-refractivity contribution is -0.118. The minimum atomic E-state index is 0.270. The van der Waals surface area contributed by atoms with Crippen molar-refractivity contribution in [3.8, 4) is 0 Å². The summed E-state index contributed by atoms with van der Waals surface area (Å²) in [6.45, 7) is 2.94. The smallest absolute Gasteiger partial charge is 0.226 e. The third-order valence-corrected chi connectivity index (χ3v) is 3.81. The molecule has 1 aromatic rings. The summed E-state index contributed by atoms with van der Waals surface area (Å²) in [6, 6.07) is 6.54. The van der Waals surface area contributed by atoms with Gasteiger partial charge in [-0.15, -0.1) is 0 Å². The number of nitrogens with zero attached hydrogens (tertiary/aromatic N) is 1. The summed E-state index contributed by atoms with van der Waals surface area (Å²) in [6.07, 6.45) is 4.81. The van der Waals surface area contributed by atoms with Crippen LogP contribution in [-0.2, 0) is 17.6 Å². The van der Waals surface area contributed by atoms with Crippen LogP contribution >= 0.6 is 15.9 Å². The van der Waals surface area contributed by atoms with Gasteiger partial charge in [-0.05, 0) is 42.9 Å². The third-order valence-electron chi connectivity index (χ3n) is 3.41. The minimum Gasteiger partial charge on any atom is -0.312 e. The van der Waals surface area contributed by atoms with Crippen molar-refractivity contribution in [3.05, 3.63) is 29.3 Å². The Labute approximate surface area is 117 Å². The molecule has 0 radical (unpaired) electrons. The fourth-order valence-electron chi connectivity index (χ4n) is 2.52. The summed E-state index contributed by atoms with van der Waals surface area (Å²) in [5, 5.41) is 0.990. The molecule has 0 saturated carbocycles. The number of hydrogen-bond donors (Lipinski definition) is 0. The van der Waals surface area contributed by atoms with E-state index in [4.69, 9.17) is 0 Å². The summed E-state index contributed by atoms with van der Waals surface area (Å²) in [5.41, 5.74) is 3.83. The van der Waals surface area contributed by atoms with Gasteiger partial charge in [0.15, 0.2) is 0 Å². The van der Waals surface area contributed by atoms with Gasteiger partial charge < -0.3 is 4.90 Å². The number of rotatable bonds is 4. The Kier molecular flexibility index (Phi) is 4.81. The van der Waals surface area contributed by atoms with E-state index in [1.807, 2.05) is 4.90 Å². The van der Waals surface area contributed by atoms with Crippen molar-refractivity contribution in [1.82, 2.24) is 0 Å². The summed E-state index contributed by atoms with van der Waals surface area (Å²) in [7, 11) is 0. The first-order valence-electron chi connectivity index (χ1n) is 6.74. The second-order valence-corrected chi connectivity index (χ2v) is 5.59. The van der Waals surface area contributed by atoms with Gasteiger partial charge in [0.05, 0.1) is 0 Å². The molecular weight excluding hydrogens is 290 g/mol. The van der Waals surface area contributed by atoms with E-state index >= 15 is 0 Å². The standard InChI is InChI=1S/C15H20BrNO/c1-2-4-15(18)17-10-3-5-13-11-12(8-9-16)6-7-14(13)17/h6-7,11H,2-5,8-10H2,1H3. The monoisotopic (exact) mass is 309 g/mol. The Morgan fingerprint density at radius 3 is 3.00 bits per heavy atom. The largest absolute Gasteiger partial charge is 0.312 e. The molecule has 0 saturated heterocycles. The van der Waals surface area contributed by atoms with Crippen molar-refractivity contribution in [3.63, 3.8) is 0 Å². The van der Waals surface area contributed by atoms with Gasteiger partial charge in [0.25, 0.3) is 0 Å². The van der Waals surface area contributed by atoms with E-state index in [1.165, 1.54) is 11.1 Å². The molecule has 0 unspecified atom stereocenters. The van der Waals surface area contributed by atoms with Crippen LogP contribution in [0.15, 0.2) is 18.2 Å². The van der Waals surface area contributed by atoms with Crippen molar-refractivity contribution >= 4 is 27.5 Å². The Morgan fingerprint density at radius 2 is 2.28 bits per heavy atom. The van der Waals surface area contributed by atoms with E-state index in [-0.39, 0.29) is 5.91 Å². The van der Waals surface area contributed by atoms with Gasteiger partial charge >= 0.3 is 0 Å². The Bertz CT molecular complexity index is 431. The number of amides is 1. The lowest BCUT2D eigenvalue weighted by atomic mass is 9.98. The lowest BCUT2D eigenvalue weighted by Gasteiger charge is -2.30. The molecule has 1 aliphatic rings. The topological polar surface area (TPSA) is 20.3 Å². The summed E-state index contributed by atoms with van der Waals surface area (Å²) >= 11 is 3.47. The predicted octanol–water partition coefficient (Wildman–Crippen LogP) is 3.70. The fourth-order valence-corrected chi connectivity index (χ4v) is 2.98. The molecule has 0 bridgehead atoms. The Balaban J connectivity index is 2.24. The summed E-state index contributed by atoms with van der Waals surface area (Å²) in [4.78, 5) is 14.1. The molecule has 2 rings (SSSR count).